The number of fused-ring (bicyclic) bond motifs is 1. The van der Waals surface area contributed by atoms with E-state index < -0.39 is 15.5 Å². The Morgan fingerprint density at radius 2 is 2.07 bits per heavy atom. The van der Waals surface area contributed by atoms with Crippen molar-refractivity contribution in [3.8, 4) is 0 Å². The Hall–Kier alpha value is -1.05. The second-order valence-corrected chi connectivity index (χ2v) is 6.06. The summed E-state index contributed by atoms with van der Waals surface area (Å²) in [5.41, 5.74) is 2.85. The molecule has 0 saturated heterocycles. The van der Waals surface area contributed by atoms with Crippen molar-refractivity contribution in [2.75, 3.05) is 0 Å². The Morgan fingerprint density at radius 3 is 2.67 bits per heavy atom. The third kappa shape index (κ3) is 1.73. The Kier molecular flexibility index (Phi) is 2.45. The lowest BCUT2D eigenvalue weighted by atomic mass is 10.3. The van der Waals surface area contributed by atoms with E-state index in [9.17, 15) is 12.8 Å². The van der Waals surface area contributed by atoms with Crippen LogP contribution >= 0.6 is 11.3 Å². The summed E-state index contributed by atoms with van der Waals surface area (Å²) in [7, 11) is -4.12. The fraction of sp³-hybridized carbons (Fsp3) is 0.125. The molecule has 0 saturated carbocycles. The Bertz CT molecular complexity index is 558. The number of halogens is 1. The van der Waals surface area contributed by atoms with Gasteiger partial charge in [0, 0.05) is 0 Å². The number of hydrogen-bond acceptors (Lipinski definition) is 5. The van der Waals surface area contributed by atoms with Gasteiger partial charge in [0.1, 0.15) is 0 Å². The molecule has 1 unspecified atom stereocenters. The molecule has 15 heavy (non-hydrogen) atoms. The Labute approximate surface area is 89.5 Å². The van der Waals surface area contributed by atoms with E-state index in [2.05, 4.69) is 4.98 Å². The number of benzene rings is 1. The molecule has 2 N–H and O–H groups in total. The molecule has 0 aliphatic heterocycles. The third-order valence-corrected chi connectivity index (χ3v) is 4.76. The number of thiazole rings is 1. The van der Waals surface area contributed by atoms with Crippen LogP contribution in [0.2, 0.25) is 0 Å². The molecule has 0 fully saturated rings. The summed E-state index contributed by atoms with van der Waals surface area (Å²) in [5.74, 6) is 0. The summed E-state index contributed by atoms with van der Waals surface area (Å²) in [6.45, 7) is 0. The number of nitrogens with two attached hydrogens (primary N) is 1. The highest BCUT2D eigenvalue weighted by Gasteiger charge is 2.27. The molecule has 7 heteroatoms. The molecule has 2 rings (SSSR count). The van der Waals surface area contributed by atoms with Gasteiger partial charge in [0.05, 0.1) is 10.2 Å². The van der Waals surface area contributed by atoms with Gasteiger partial charge in [-0.15, -0.1) is 11.3 Å². The lowest BCUT2D eigenvalue weighted by Crippen LogP contribution is -2.25. The van der Waals surface area contributed by atoms with Gasteiger partial charge in [0.15, 0.2) is 0 Å². The van der Waals surface area contributed by atoms with Gasteiger partial charge >= 0.3 is 0 Å². The van der Waals surface area contributed by atoms with Gasteiger partial charge in [0.25, 0.3) is 15.5 Å². The molecule has 0 bridgehead atoms. The van der Waals surface area contributed by atoms with Crippen molar-refractivity contribution < 1.29 is 12.8 Å². The molecular weight excluding hydrogens is 239 g/mol. The molecule has 0 radical (unpaired) electrons. The minimum Gasteiger partial charge on any atom is -0.288 e. The average Bonchev–Trinajstić information content (AvgIpc) is 2.61. The number of hydrogen-bond donors (Lipinski definition) is 1. The van der Waals surface area contributed by atoms with Gasteiger partial charge < -0.3 is 0 Å². The molecule has 1 aromatic carbocycles. The third-order valence-electron chi connectivity index (χ3n) is 1.81. The number of alkyl halides is 1. The highest BCUT2D eigenvalue weighted by atomic mass is 32.2. The van der Waals surface area contributed by atoms with E-state index in [4.69, 9.17) is 5.73 Å². The predicted octanol–water partition coefficient (Wildman–Crippen LogP) is 1.28. The first-order valence-corrected chi connectivity index (χ1v) is 6.37. The maximum Gasteiger partial charge on any atom is 0.257 e. The van der Waals surface area contributed by atoms with Gasteiger partial charge in [-0.2, -0.15) is 0 Å². The van der Waals surface area contributed by atoms with E-state index in [1.165, 1.54) is 0 Å². The number of sulfone groups is 1. The fourth-order valence-electron chi connectivity index (χ4n) is 1.07. The normalized spacial score (nSPS) is 14.3. The molecule has 0 aliphatic rings. The highest BCUT2D eigenvalue weighted by molar-refractivity contribution is 7.93. The highest BCUT2D eigenvalue weighted by Crippen LogP contribution is 2.26. The van der Waals surface area contributed by atoms with Crippen LogP contribution in [0, 0.1) is 0 Å². The number of rotatable bonds is 2. The molecule has 2 aromatic rings. The van der Waals surface area contributed by atoms with Crippen molar-refractivity contribution in [2.24, 2.45) is 5.73 Å². The summed E-state index contributed by atoms with van der Waals surface area (Å²) in [5, 5.41) is 0. The van der Waals surface area contributed by atoms with Gasteiger partial charge in [0.2, 0.25) is 4.34 Å². The zero-order valence-corrected chi connectivity index (χ0v) is 9.06. The van der Waals surface area contributed by atoms with Crippen LogP contribution in [0.1, 0.15) is 0 Å². The Morgan fingerprint density at radius 1 is 1.40 bits per heavy atom. The number of para-hydroxylation sites is 1. The van der Waals surface area contributed by atoms with Gasteiger partial charge in [-0.05, 0) is 12.1 Å². The van der Waals surface area contributed by atoms with Crippen LogP contribution < -0.4 is 5.73 Å². The van der Waals surface area contributed by atoms with E-state index in [0.717, 1.165) is 11.3 Å². The van der Waals surface area contributed by atoms with Crippen molar-refractivity contribution >= 4 is 31.4 Å². The standard InChI is InChI=1S/C8H7FN2O2S2/c9-7(10)15(12,13)8-11-5-3-1-2-4-6(5)14-8/h1-4,7H,10H2. The van der Waals surface area contributed by atoms with Crippen LogP contribution in [0.4, 0.5) is 4.39 Å². The summed E-state index contributed by atoms with van der Waals surface area (Å²) >= 11 is 0.913. The van der Waals surface area contributed by atoms with Crippen molar-refractivity contribution in [1.82, 2.24) is 4.98 Å². The minimum atomic E-state index is -4.12. The van der Waals surface area contributed by atoms with Crippen molar-refractivity contribution in [1.29, 1.82) is 0 Å². The largest absolute Gasteiger partial charge is 0.288 e. The molecule has 0 spiro atoms. The van der Waals surface area contributed by atoms with Crippen molar-refractivity contribution in [3.63, 3.8) is 0 Å². The summed E-state index contributed by atoms with van der Waals surface area (Å²) in [6, 6.07) is 6.87. The maximum absolute atomic E-state index is 12.6. The van der Waals surface area contributed by atoms with Crippen molar-refractivity contribution in [2.45, 2.75) is 9.97 Å². The maximum atomic E-state index is 12.6. The lowest BCUT2D eigenvalue weighted by molar-refractivity contribution is 0.428. The topological polar surface area (TPSA) is 73.1 Å². The fourth-order valence-corrected chi connectivity index (χ4v) is 3.19. The summed E-state index contributed by atoms with van der Waals surface area (Å²) in [4.78, 5) is 3.82. The quantitative estimate of drug-likeness (QED) is 0.810. The predicted molar refractivity (Wildman–Crippen MR) is 55.9 cm³/mol. The molecule has 0 amide bonds. The SMILES string of the molecule is NC(F)S(=O)(=O)c1nc2ccccc2s1. The zero-order chi connectivity index (χ0) is 11.1. The van der Waals surface area contributed by atoms with Crippen LogP contribution in [-0.4, -0.2) is 19.0 Å². The zero-order valence-electron chi connectivity index (χ0n) is 7.42. The van der Waals surface area contributed by atoms with Crippen LogP contribution in [0.5, 0.6) is 0 Å². The van der Waals surface area contributed by atoms with Crippen LogP contribution in [-0.2, 0) is 9.84 Å². The second kappa shape index (κ2) is 3.51. The first kappa shape index (κ1) is 10.5. The van der Waals surface area contributed by atoms with Gasteiger partial charge in [-0.25, -0.2) is 17.8 Å². The molecule has 1 heterocycles. The summed E-state index contributed by atoms with van der Waals surface area (Å²) < 4.78 is 35.8. The van der Waals surface area contributed by atoms with Crippen LogP contribution in [0.25, 0.3) is 10.2 Å². The number of aromatic nitrogens is 1. The van der Waals surface area contributed by atoms with E-state index in [1.807, 2.05) is 0 Å². The van der Waals surface area contributed by atoms with E-state index >= 15 is 0 Å². The van der Waals surface area contributed by atoms with Crippen LogP contribution in [0.3, 0.4) is 0 Å². The van der Waals surface area contributed by atoms with Gasteiger partial charge in [-0.3, -0.25) is 5.73 Å². The monoisotopic (exact) mass is 246 g/mol. The van der Waals surface area contributed by atoms with E-state index in [-0.39, 0.29) is 4.34 Å². The van der Waals surface area contributed by atoms with Gasteiger partial charge in [-0.1, -0.05) is 12.1 Å². The summed E-state index contributed by atoms with van der Waals surface area (Å²) in [6.07, 6.45) is 0. The Balaban J connectivity index is 2.64. The molecule has 0 aliphatic carbocycles. The molecule has 80 valence electrons. The second-order valence-electron chi connectivity index (χ2n) is 2.84. The van der Waals surface area contributed by atoms with Crippen LogP contribution in [0.15, 0.2) is 28.6 Å². The van der Waals surface area contributed by atoms with E-state index in [0.29, 0.717) is 10.2 Å². The first-order valence-electron chi connectivity index (χ1n) is 4.01. The molecular formula is C8H7FN2O2S2. The smallest absolute Gasteiger partial charge is 0.257 e. The molecule has 4 nitrogen and oxygen atoms in total. The number of nitrogens with zero attached hydrogens (tertiary/aromatic N) is 1. The lowest BCUT2D eigenvalue weighted by Gasteiger charge is -1.98. The van der Waals surface area contributed by atoms with E-state index in [1.54, 1.807) is 24.3 Å². The van der Waals surface area contributed by atoms with Crippen molar-refractivity contribution in [3.05, 3.63) is 24.3 Å². The molecule has 1 atom stereocenters. The average molecular weight is 246 g/mol. The minimum absolute atomic E-state index is 0.279. The first-order chi connectivity index (χ1) is 7.01. The molecule has 1 aromatic heterocycles.